The number of amides is 1. The number of hydrogen-bond donors (Lipinski definition) is 1. The lowest BCUT2D eigenvalue weighted by atomic mass is 10.1. The Balaban J connectivity index is 2.15. The van der Waals surface area contributed by atoms with Gasteiger partial charge in [-0.3, -0.25) is 4.79 Å². The molecular weight excluding hydrogens is 162 g/mol. The van der Waals surface area contributed by atoms with Crippen molar-refractivity contribution in [1.82, 2.24) is 5.32 Å². The summed E-state index contributed by atoms with van der Waals surface area (Å²) in [4.78, 5) is 11.4. The highest BCUT2D eigenvalue weighted by molar-refractivity contribution is 5.82. The number of nitrogens with one attached hydrogen (secondary N) is 1. The van der Waals surface area contributed by atoms with Crippen LogP contribution in [0.3, 0.4) is 0 Å². The monoisotopic (exact) mass is 179 g/mol. The maximum atomic E-state index is 11.4. The van der Waals surface area contributed by atoms with E-state index < -0.39 is 0 Å². The van der Waals surface area contributed by atoms with Crippen molar-refractivity contribution in [2.24, 2.45) is 11.3 Å². The van der Waals surface area contributed by atoms with Crippen molar-refractivity contribution in [1.29, 1.82) is 0 Å². The molecule has 0 aromatic carbocycles. The predicted molar refractivity (Wildman–Crippen MR) is 53.0 cm³/mol. The van der Waals surface area contributed by atoms with Gasteiger partial charge in [0.1, 0.15) is 0 Å². The fourth-order valence-corrected chi connectivity index (χ4v) is 1.41. The van der Waals surface area contributed by atoms with Crippen molar-refractivity contribution in [3.63, 3.8) is 0 Å². The standard InChI is InChI=1S/C11H17NO/c1-4-5-6-7-12-10(13)9-8-11(9,2)3/h9H,6-8H2,1-3H3,(H,12,13). The van der Waals surface area contributed by atoms with Crippen LogP contribution in [-0.2, 0) is 4.79 Å². The molecule has 72 valence electrons. The molecule has 0 aromatic rings. The molecule has 13 heavy (non-hydrogen) atoms. The molecule has 1 amide bonds. The van der Waals surface area contributed by atoms with E-state index in [0.717, 1.165) is 12.8 Å². The Morgan fingerprint density at radius 2 is 2.23 bits per heavy atom. The third kappa shape index (κ3) is 2.77. The van der Waals surface area contributed by atoms with Crippen molar-refractivity contribution in [2.75, 3.05) is 6.54 Å². The zero-order chi connectivity index (χ0) is 9.90. The molecular formula is C11H17NO. The van der Waals surface area contributed by atoms with Crippen molar-refractivity contribution >= 4 is 5.91 Å². The minimum Gasteiger partial charge on any atom is -0.355 e. The molecule has 0 aromatic heterocycles. The van der Waals surface area contributed by atoms with Crippen molar-refractivity contribution in [3.8, 4) is 11.8 Å². The minimum atomic E-state index is 0.197. The Morgan fingerprint density at radius 1 is 1.62 bits per heavy atom. The van der Waals surface area contributed by atoms with Gasteiger partial charge in [0.05, 0.1) is 0 Å². The Kier molecular flexibility index (Phi) is 2.98. The molecule has 1 unspecified atom stereocenters. The van der Waals surface area contributed by atoms with Crippen LogP contribution in [-0.4, -0.2) is 12.5 Å². The Morgan fingerprint density at radius 3 is 2.69 bits per heavy atom. The van der Waals surface area contributed by atoms with Gasteiger partial charge in [0.25, 0.3) is 0 Å². The molecule has 0 radical (unpaired) electrons. The molecule has 2 nitrogen and oxygen atoms in total. The van der Waals surface area contributed by atoms with Crippen molar-refractivity contribution in [3.05, 3.63) is 0 Å². The van der Waals surface area contributed by atoms with Gasteiger partial charge in [0.2, 0.25) is 5.91 Å². The third-order valence-corrected chi connectivity index (χ3v) is 2.56. The van der Waals surface area contributed by atoms with E-state index in [1.807, 2.05) is 6.92 Å². The quantitative estimate of drug-likeness (QED) is 0.517. The van der Waals surface area contributed by atoms with E-state index in [1.165, 1.54) is 0 Å². The van der Waals surface area contributed by atoms with Gasteiger partial charge in [-0.1, -0.05) is 13.8 Å². The second-order valence-electron chi connectivity index (χ2n) is 4.21. The average Bonchev–Trinajstić information content (AvgIpc) is 2.69. The normalized spacial score (nSPS) is 22.8. The van der Waals surface area contributed by atoms with E-state index in [4.69, 9.17) is 0 Å². The van der Waals surface area contributed by atoms with Gasteiger partial charge in [-0.05, 0) is 18.8 Å². The van der Waals surface area contributed by atoms with Gasteiger partial charge in [-0.25, -0.2) is 0 Å². The highest BCUT2D eigenvalue weighted by atomic mass is 16.2. The molecule has 0 aliphatic heterocycles. The molecule has 1 saturated carbocycles. The summed E-state index contributed by atoms with van der Waals surface area (Å²) in [6, 6.07) is 0. The van der Waals surface area contributed by atoms with E-state index in [1.54, 1.807) is 0 Å². The van der Waals surface area contributed by atoms with Crippen molar-refractivity contribution in [2.45, 2.75) is 33.6 Å². The summed E-state index contributed by atoms with van der Waals surface area (Å²) in [5.74, 6) is 6.16. The molecule has 1 aliphatic rings. The molecule has 1 aliphatic carbocycles. The van der Waals surface area contributed by atoms with Gasteiger partial charge in [0.15, 0.2) is 0 Å². The number of hydrogen-bond acceptors (Lipinski definition) is 1. The summed E-state index contributed by atoms with van der Waals surface area (Å²) in [6.07, 6.45) is 1.79. The van der Waals surface area contributed by atoms with Gasteiger partial charge in [0, 0.05) is 18.9 Å². The van der Waals surface area contributed by atoms with Crippen LogP contribution in [0.4, 0.5) is 0 Å². The maximum Gasteiger partial charge on any atom is 0.223 e. The van der Waals surface area contributed by atoms with E-state index in [2.05, 4.69) is 31.0 Å². The van der Waals surface area contributed by atoms with E-state index in [0.29, 0.717) is 6.54 Å². The molecule has 1 rings (SSSR count). The summed E-state index contributed by atoms with van der Waals surface area (Å²) in [5.41, 5.74) is 0.237. The largest absolute Gasteiger partial charge is 0.355 e. The first-order chi connectivity index (χ1) is 6.08. The lowest BCUT2D eigenvalue weighted by Crippen LogP contribution is -2.27. The SMILES string of the molecule is CC#CCCNC(=O)C1CC1(C)C. The molecule has 0 bridgehead atoms. The second kappa shape index (κ2) is 3.83. The fourth-order valence-electron chi connectivity index (χ4n) is 1.41. The highest BCUT2D eigenvalue weighted by Crippen LogP contribution is 2.51. The van der Waals surface area contributed by atoms with Crippen LogP contribution >= 0.6 is 0 Å². The van der Waals surface area contributed by atoms with Gasteiger partial charge < -0.3 is 5.32 Å². The second-order valence-corrected chi connectivity index (χ2v) is 4.21. The summed E-state index contributed by atoms with van der Waals surface area (Å²) >= 11 is 0. The minimum absolute atomic E-state index is 0.197. The first-order valence-corrected chi connectivity index (χ1v) is 4.75. The Bertz CT molecular complexity index is 257. The fraction of sp³-hybridized carbons (Fsp3) is 0.727. The number of carbonyl (C=O) groups excluding carboxylic acids is 1. The Labute approximate surface area is 80.1 Å². The average molecular weight is 179 g/mol. The Hall–Kier alpha value is -0.970. The van der Waals surface area contributed by atoms with Crippen LogP contribution in [0.5, 0.6) is 0 Å². The smallest absolute Gasteiger partial charge is 0.223 e. The maximum absolute atomic E-state index is 11.4. The molecule has 2 heteroatoms. The van der Waals surface area contributed by atoms with E-state index >= 15 is 0 Å². The highest BCUT2D eigenvalue weighted by Gasteiger charge is 2.50. The van der Waals surface area contributed by atoms with Crippen LogP contribution in [0.2, 0.25) is 0 Å². The first kappa shape index (κ1) is 10.1. The van der Waals surface area contributed by atoms with Gasteiger partial charge in [-0.15, -0.1) is 11.8 Å². The van der Waals surface area contributed by atoms with Crippen LogP contribution in [0.1, 0.15) is 33.6 Å². The molecule has 1 fully saturated rings. The lowest BCUT2D eigenvalue weighted by Gasteiger charge is -2.03. The van der Waals surface area contributed by atoms with Crippen LogP contribution in [0.25, 0.3) is 0 Å². The molecule has 1 N–H and O–H groups in total. The molecule has 0 spiro atoms. The van der Waals surface area contributed by atoms with Crippen LogP contribution < -0.4 is 5.32 Å². The molecule has 0 saturated heterocycles. The van der Waals surface area contributed by atoms with Gasteiger partial charge in [-0.2, -0.15) is 0 Å². The van der Waals surface area contributed by atoms with Crippen molar-refractivity contribution < 1.29 is 4.79 Å². The zero-order valence-electron chi connectivity index (χ0n) is 8.61. The van der Waals surface area contributed by atoms with E-state index in [-0.39, 0.29) is 17.2 Å². The first-order valence-electron chi connectivity index (χ1n) is 4.75. The van der Waals surface area contributed by atoms with Gasteiger partial charge >= 0.3 is 0 Å². The predicted octanol–water partition coefficient (Wildman–Crippen LogP) is 1.56. The summed E-state index contributed by atoms with van der Waals surface area (Å²) in [6.45, 7) is 6.75. The molecule has 1 atom stereocenters. The lowest BCUT2D eigenvalue weighted by molar-refractivity contribution is -0.122. The number of rotatable bonds is 3. The number of carbonyl (C=O) groups is 1. The third-order valence-electron chi connectivity index (χ3n) is 2.56. The summed E-state index contributed by atoms with van der Waals surface area (Å²) in [5, 5.41) is 2.89. The van der Waals surface area contributed by atoms with E-state index in [9.17, 15) is 4.79 Å². The summed E-state index contributed by atoms with van der Waals surface area (Å²) in [7, 11) is 0. The van der Waals surface area contributed by atoms with Crippen LogP contribution in [0, 0.1) is 23.2 Å². The summed E-state index contributed by atoms with van der Waals surface area (Å²) < 4.78 is 0. The molecule has 0 heterocycles. The van der Waals surface area contributed by atoms with Crippen LogP contribution in [0.15, 0.2) is 0 Å². The zero-order valence-corrected chi connectivity index (χ0v) is 8.61. The topological polar surface area (TPSA) is 29.1 Å².